The Morgan fingerprint density at radius 1 is 0.625 bits per heavy atom. The summed E-state index contributed by atoms with van der Waals surface area (Å²) in [5.41, 5.74) is -2.74. The van der Waals surface area contributed by atoms with Crippen LogP contribution in [-0.4, -0.2) is 56.4 Å². The molecule has 4 atom stereocenters. The van der Waals surface area contributed by atoms with Gasteiger partial charge in [0.25, 0.3) is 0 Å². The van der Waals surface area contributed by atoms with Crippen LogP contribution in [0.4, 0.5) is 0 Å². The lowest BCUT2D eigenvalue weighted by Crippen LogP contribution is -2.68. The Kier molecular flexibility index (Phi) is 8.76. The van der Waals surface area contributed by atoms with Gasteiger partial charge < -0.3 is 9.47 Å². The van der Waals surface area contributed by atoms with E-state index in [4.69, 9.17) is 9.47 Å². The molecule has 0 spiro atoms. The summed E-state index contributed by atoms with van der Waals surface area (Å²) >= 11 is 0. The molecule has 2 radical (unpaired) electrons. The van der Waals surface area contributed by atoms with Gasteiger partial charge in [0.2, 0.25) is 0 Å². The van der Waals surface area contributed by atoms with Gasteiger partial charge in [-0.3, -0.25) is 0 Å². The molecule has 2 saturated heterocycles. The lowest BCUT2D eigenvalue weighted by molar-refractivity contribution is -0.330. The number of benzene rings is 1. The zero-order valence-electron chi connectivity index (χ0n) is 26.3. The summed E-state index contributed by atoms with van der Waals surface area (Å²) in [6, 6.07) is 9.07. The third kappa shape index (κ3) is 5.36. The van der Waals surface area contributed by atoms with Crippen LogP contribution in [0, 0.1) is 23.7 Å². The monoisotopic (exact) mass is 556 g/mol. The largest absolute Gasteiger partial charge is 0.458 e. The normalized spacial score (nSPS) is 33.0. The molecule has 2 aliphatic rings. The molecule has 8 heteroatoms. The van der Waals surface area contributed by atoms with E-state index in [1.165, 1.54) is 6.08 Å². The van der Waals surface area contributed by atoms with Crippen molar-refractivity contribution in [2.24, 2.45) is 23.7 Å². The Morgan fingerprint density at radius 2 is 0.925 bits per heavy atom. The van der Waals surface area contributed by atoms with Gasteiger partial charge in [-0.2, -0.15) is 0 Å². The maximum absolute atomic E-state index is 13.8. The molecule has 40 heavy (non-hydrogen) atoms. The Balaban J connectivity index is 1.98. The molecule has 2 heterocycles. The first-order chi connectivity index (χ1) is 18.2. The zero-order chi connectivity index (χ0) is 30.6. The molecule has 0 amide bonds. The quantitative estimate of drug-likeness (QED) is 0.195. The van der Waals surface area contributed by atoms with Crippen molar-refractivity contribution in [3.63, 3.8) is 0 Å². The summed E-state index contributed by atoms with van der Waals surface area (Å²) in [7, 11) is 0. The van der Waals surface area contributed by atoms with Gasteiger partial charge in [0.15, 0.2) is 0 Å². The molecule has 3 rings (SSSR count). The minimum Gasteiger partial charge on any atom is -0.458 e. The Hall–Kier alpha value is -2.26. The van der Waals surface area contributed by atoms with Crippen LogP contribution in [0.5, 0.6) is 0 Å². The molecule has 222 valence electrons. The number of rotatable bonds is 5. The van der Waals surface area contributed by atoms with Crippen LogP contribution in [0.1, 0.15) is 88.6 Å². The maximum Gasteiger partial charge on any atom is 0.345 e. The molecule has 4 unspecified atom stereocenters. The predicted octanol–water partition coefficient (Wildman–Crippen LogP) is 5.87. The number of carbonyl (C=O) groups is 2. The fraction of sp³-hybridized carbons (Fsp3) is 0.688. The molecule has 1 aromatic rings. The fourth-order valence-electron chi connectivity index (χ4n) is 6.40. The van der Waals surface area contributed by atoms with Crippen molar-refractivity contribution < 1.29 is 29.5 Å². The molecule has 2 aliphatic heterocycles. The van der Waals surface area contributed by atoms with Crippen molar-refractivity contribution in [3.8, 4) is 0 Å². The molecular formula is C32H48N2O6. The first kappa shape index (κ1) is 32.3. The zero-order valence-corrected chi connectivity index (χ0v) is 26.3. The lowest BCUT2D eigenvalue weighted by atomic mass is 9.67. The highest BCUT2D eigenvalue weighted by molar-refractivity contribution is 6.17. The van der Waals surface area contributed by atoms with E-state index in [-0.39, 0.29) is 29.2 Å². The third-order valence-electron chi connectivity index (χ3n) is 10.6. The van der Waals surface area contributed by atoms with E-state index in [2.05, 4.69) is 0 Å². The topological polar surface area (TPSA) is 98.9 Å². The summed E-state index contributed by atoms with van der Waals surface area (Å²) in [4.78, 5) is 27.6. The highest BCUT2D eigenvalue weighted by atomic mass is 16.6. The van der Waals surface area contributed by atoms with Crippen LogP contribution in [0.3, 0.4) is 0 Å². The van der Waals surface area contributed by atoms with Crippen LogP contribution in [0.25, 0.3) is 6.08 Å². The van der Waals surface area contributed by atoms with Gasteiger partial charge in [-0.15, -0.1) is 20.5 Å². The lowest BCUT2D eigenvalue weighted by Gasteiger charge is -2.56. The van der Waals surface area contributed by atoms with Crippen LogP contribution in [-0.2, 0) is 29.5 Å². The second-order valence-corrected chi connectivity index (χ2v) is 14.1. The first-order valence-electron chi connectivity index (χ1n) is 14.3. The van der Waals surface area contributed by atoms with E-state index in [9.17, 15) is 20.0 Å². The number of piperidine rings is 2. The van der Waals surface area contributed by atoms with Gasteiger partial charge in [-0.05, 0) is 67.0 Å². The number of hydrogen-bond acceptors (Lipinski definition) is 6. The molecule has 8 nitrogen and oxygen atoms in total. The van der Waals surface area contributed by atoms with Crippen molar-refractivity contribution in [1.29, 1.82) is 0 Å². The Morgan fingerprint density at radius 3 is 1.23 bits per heavy atom. The molecule has 0 bridgehead atoms. The van der Waals surface area contributed by atoms with E-state index in [0.717, 1.165) is 10.1 Å². The molecule has 2 fully saturated rings. The molecular weight excluding hydrogens is 508 g/mol. The number of nitrogens with zero attached hydrogens (tertiary/aromatic N) is 2. The van der Waals surface area contributed by atoms with E-state index in [1.807, 2.05) is 101 Å². The second kappa shape index (κ2) is 10.9. The minimum absolute atomic E-state index is 0.217. The van der Waals surface area contributed by atoms with Gasteiger partial charge in [0.05, 0.1) is 22.2 Å². The minimum atomic E-state index is -0.793. The van der Waals surface area contributed by atoms with Crippen molar-refractivity contribution in [3.05, 3.63) is 41.5 Å². The Labute approximate surface area is 240 Å². The molecule has 0 aromatic heterocycles. The first-order valence-corrected chi connectivity index (χ1v) is 14.3. The van der Waals surface area contributed by atoms with Gasteiger partial charge in [-0.1, -0.05) is 58.0 Å². The number of ether oxygens (including phenoxy) is 2. The van der Waals surface area contributed by atoms with Crippen LogP contribution < -0.4 is 0 Å². The fourth-order valence-corrected chi connectivity index (χ4v) is 6.40. The van der Waals surface area contributed by atoms with Crippen molar-refractivity contribution in [2.45, 2.75) is 117 Å². The van der Waals surface area contributed by atoms with Crippen LogP contribution in [0.15, 0.2) is 35.9 Å². The summed E-state index contributed by atoms with van der Waals surface area (Å²) in [5, 5.41) is 28.6. The molecule has 1 aromatic carbocycles. The average molecular weight is 557 g/mol. The van der Waals surface area contributed by atoms with Crippen LogP contribution >= 0.6 is 0 Å². The second-order valence-electron chi connectivity index (χ2n) is 14.1. The average Bonchev–Trinajstić information content (AvgIpc) is 2.89. The van der Waals surface area contributed by atoms with Crippen LogP contribution in [0.2, 0.25) is 0 Å². The maximum atomic E-state index is 13.8. The predicted molar refractivity (Wildman–Crippen MR) is 152 cm³/mol. The summed E-state index contributed by atoms with van der Waals surface area (Å²) in [5.74, 6) is -2.77. The van der Waals surface area contributed by atoms with E-state index in [1.54, 1.807) is 12.1 Å². The van der Waals surface area contributed by atoms with Gasteiger partial charge in [-0.25, -0.2) is 9.59 Å². The highest BCUT2D eigenvalue weighted by Crippen LogP contribution is 2.47. The number of carbonyl (C=O) groups excluding carboxylic acids is 2. The summed E-state index contributed by atoms with van der Waals surface area (Å²) in [6.07, 6.45) is 0.288. The van der Waals surface area contributed by atoms with E-state index < -0.39 is 46.3 Å². The molecule has 0 saturated carbocycles. The number of hydrogen-bond donors (Lipinski definition) is 0. The van der Waals surface area contributed by atoms with Gasteiger partial charge in [0.1, 0.15) is 17.8 Å². The standard InChI is InChI=1S/C32H48N2O6/c1-19-25(20(2)30(7,8)33(37)29(19,5)6)39-27(35)24(18-23-16-14-13-15-17-23)28(36)40-26-21(3)31(9,10)34(38)32(11,12)22(26)4/h13-22,25-26H,1-12H3. The Bertz CT molecular complexity index is 1020. The summed E-state index contributed by atoms with van der Waals surface area (Å²) < 4.78 is 12.2. The SMILES string of the molecule is CC1C(OC(=O)C(=Cc2ccccc2)C(=O)OC2C(C)C(C)(C)N([O])C(C)(C)C2C)C(C)C(C)(C)N([O])C1(C)C. The summed E-state index contributed by atoms with van der Waals surface area (Å²) in [6.45, 7) is 22.4. The molecule has 0 N–H and O–H groups in total. The van der Waals surface area contributed by atoms with E-state index in [0.29, 0.717) is 5.56 Å². The third-order valence-corrected chi connectivity index (χ3v) is 10.6. The van der Waals surface area contributed by atoms with Crippen molar-refractivity contribution in [2.75, 3.05) is 0 Å². The number of esters is 2. The van der Waals surface area contributed by atoms with E-state index >= 15 is 0 Å². The van der Waals surface area contributed by atoms with Crippen molar-refractivity contribution >= 4 is 18.0 Å². The number of hydroxylamine groups is 4. The van der Waals surface area contributed by atoms with Crippen molar-refractivity contribution in [1.82, 2.24) is 10.1 Å². The smallest absolute Gasteiger partial charge is 0.345 e. The highest BCUT2D eigenvalue weighted by Gasteiger charge is 2.58. The van der Waals surface area contributed by atoms with Gasteiger partial charge >= 0.3 is 11.9 Å². The molecule has 0 aliphatic carbocycles. The van der Waals surface area contributed by atoms with Gasteiger partial charge in [0, 0.05) is 23.7 Å².